The average Bonchev–Trinajstić information content (AvgIpc) is 2.90. The van der Waals surface area contributed by atoms with Gasteiger partial charge >= 0.3 is 0 Å². The van der Waals surface area contributed by atoms with Crippen molar-refractivity contribution in [1.82, 2.24) is 19.7 Å². The van der Waals surface area contributed by atoms with Crippen LogP contribution in [0, 0.1) is 0 Å². The molecule has 2 aliphatic rings. The van der Waals surface area contributed by atoms with Gasteiger partial charge in [-0.05, 0) is 38.8 Å². The highest BCUT2D eigenvalue weighted by atomic mass is 16.3. The van der Waals surface area contributed by atoms with Gasteiger partial charge in [0.15, 0.2) is 5.82 Å². The second-order valence-electron chi connectivity index (χ2n) is 5.70. The number of piperidine rings is 1. The third kappa shape index (κ3) is 2.41. The van der Waals surface area contributed by atoms with Crippen LogP contribution in [0.3, 0.4) is 0 Å². The molecule has 3 rings (SSSR count). The Morgan fingerprint density at radius 2 is 2.16 bits per heavy atom. The molecule has 0 amide bonds. The van der Waals surface area contributed by atoms with Crippen molar-refractivity contribution in [2.45, 2.75) is 57.5 Å². The molecule has 0 aliphatic carbocycles. The Hall–Kier alpha value is -0.940. The number of fused-ring (bicyclic) bond motifs is 1. The van der Waals surface area contributed by atoms with Crippen LogP contribution in [0.5, 0.6) is 0 Å². The van der Waals surface area contributed by atoms with E-state index in [4.69, 9.17) is 10.1 Å². The standard InChI is InChI=1S/C14H24N4O/c1-2-17-9-4-3-7-12(17)14-15-13-8-5-6-11(10-19)18(13)16-14/h11-12,19H,2-10H2,1H3. The summed E-state index contributed by atoms with van der Waals surface area (Å²) in [6.45, 7) is 4.62. The van der Waals surface area contributed by atoms with Gasteiger partial charge in [0, 0.05) is 6.42 Å². The van der Waals surface area contributed by atoms with E-state index in [9.17, 15) is 5.11 Å². The number of hydrogen-bond acceptors (Lipinski definition) is 4. The number of hydrogen-bond donors (Lipinski definition) is 1. The van der Waals surface area contributed by atoms with Crippen LogP contribution in [0.4, 0.5) is 0 Å². The maximum Gasteiger partial charge on any atom is 0.168 e. The summed E-state index contributed by atoms with van der Waals surface area (Å²) in [5.41, 5.74) is 0. The minimum atomic E-state index is 0.142. The van der Waals surface area contributed by atoms with Crippen LogP contribution in [0.1, 0.15) is 62.8 Å². The van der Waals surface area contributed by atoms with E-state index in [1.54, 1.807) is 0 Å². The molecule has 3 heterocycles. The largest absolute Gasteiger partial charge is 0.394 e. The molecule has 1 fully saturated rings. The molecule has 2 unspecified atom stereocenters. The van der Waals surface area contributed by atoms with E-state index in [1.807, 2.05) is 4.68 Å². The third-order valence-electron chi connectivity index (χ3n) is 4.53. The zero-order chi connectivity index (χ0) is 13.2. The highest BCUT2D eigenvalue weighted by molar-refractivity contribution is 5.03. The first-order valence-corrected chi connectivity index (χ1v) is 7.63. The molecule has 0 spiro atoms. The first kappa shape index (κ1) is 13.1. The maximum atomic E-state index is 9.46. The number of aryl methyl sites for hydroxylation is 1. The lowest BCUT2D eigenvalue weighted by Gasteiger charge is -2.32. The Balaban J connectivity index is 1.87. The summed E-state index contributed by atoms with van der Waals surface area (Å²) in [5.74, 6) is 2.05. The van der Waals surface area contributed by atoms with Gasteiger partial charge in [0.25, 0.3) is 0 Å². The SMILES string of the molecule is CCN1CCCCC1c1nc2n(n1)C(CO)CCC2. The zero-order valence-corrected chi connectivity index (χ0v) is 11.8. The number of aromatic nitrogens is 3. The molecule has 0 radical (unpaired) electrons. The van der Waals surface area contributed by atoms with Crippen molar-refractivity contribution in [1.29, 1.82) is 0 Å². The van der Waals surface area contributed by atoms with E-state index in [2.05, 4.69) is 11.8 Å². The zero-order valence-electron chi connectivity index (χ0n) is 11.8. The first-order chi connectivity index (χ1) is 9.33. The van der Waals surface area contributed by atoms with Gasteiger partial charge in [0.05, 0.1) is 18.7 Å². The van der Waals surface area contributed by atoms with Gasteiger partial charge in [0.2, 0.25) is 0 Å². The fourth-order valence-corrected chi connectivity index (χ4v) is 3.43. The van der Waals surface area contributed by atoms with Gasteiger partial charge in [-0.3, -0.25) is 4.90 Å². The van der Waals surface area contributed by atoms with E-state index < -0.39 is 0 Å². The van der Waals surface area contributed by atoms with Crippen molar-refractivity contribution >= 4 is 0 Å². The van der Waals surface area contributed by atoms with Crippen molar-refractivity contribution in [2.75, 3.05) is 19.7 Å². The minimum absolute atomic E-state index is 0.142. The molecule has 0 saturated carbocycles. The van der Waals surface area contributed by atoms with Gasteiger partial charge in [-0.15, -0.1) is 0 Å². The van der Waals surface area contributed by atoms with Gasteiger partial charge in [-0.2, -0.15) is 5.10 Å². The Bertz CT molecular complexity index is 431. The van der Waals surface area contributed by atoms with Crippen molar-refractivity contribution in [2.24, 2.45) is 0 Å². The van der Waals surface area contributed by atoms with Crippen LogP contribution in [0.2, 0.25) is 0 Å². The Morgan fingerprint density at radius 1 is 1.26 bits per heavy atom. The average molecular weight is 264 g/mol. The van der Waals surface area contributed by atoms with Gasteiger partial charge in [-0.25, -0.2) is 9.67 Å². The molecule has 2 aliphatic heterocycles. The molecule has 5 nitrogen and oxygen atoms in total. The topological polar surface area (TPSA) is 54.2 Å². The fourth-order valence-electron chi connectivity index (χ4n) is 3.43. The van der Waals surface area contributed by atoms with Gasteiger partial charge in [0.1, 0.15) is 5.82 Å². The van der Waals surface area contributed by atoms with Crippen LogP contribution < -0.4 is 0 Å². The molecule has 5 heteroatoms. The number of likely N-dealkylation sites (tertiary alicyclic amines) is 1. The van der Waals surface area contributed by atoms with E-state index >= 15 is 0 Å². The number of nitrogens with zero attached hydrogens (tertiary/aromatic N) is 4. The molecule has 1 aromatic heterocycles. The molecule has 1 N–H and O–H groups in total. The van der Waals surface area contributed by atoms with Crippen molar-refractivity contribution in [3.63, 3.8) is 0 Å². The summed E-state index contributed by atoms with van der Waals surface area (Å²) < 4.78 is 1.99. The molecule has 19 heavy (non-hydrogen) atoms. The molecule has 0 aromatic carbocycles. The maximum absolute atomic E-state index is 9.46. The van der Waals surface area contributed by atoms with Crippen molar-refractivity contribution in [3.05, 3.63) is 11.6 Å². The molecule has 1 saturated heterocycles. The van der Waals surface area contributed by atoms with Gasteiger partial charge in [-0.1, -0.05) is 13.3 Å². The van der Waals surface area contributed by atoms with E-state index in [1.165, 1.54) is 19.3 Å². The summed E-state index contributed by atoms with van der Waals surface area (Å²) >= 11 is 0. The highest BCUT2D eigenvalue weighted by Gasteiger charge is 2.29. The van der Waals surface area contributed by atoms with Crippen molar-refractivity contribution in [3.8, 4) is 0 Å². The molecular weight excluding hydrogens is 240 g/mol. The smallest absolute Gasteiger partial charge is 0.168 e. The second kappa shape index (κ2) is 5.59. The summed E-state index contributed by atoms with van der Waals surface area (Å²) in [6.07, 6.45) is 6.87. The van der Waals surface area contributed by atoms with E-state index in [0.29, 0.717) is 6.04 Å². The van der Waals surface area contributed by atoms with Crippen molar-refractivity contribution < 1.29 is 5.11 Å². The summed E-state index contributed by atoms with van der Waals surface area (Å²) in [4.78, 5) is 7.25. The van der Waals surface area contributed by atoms with E-state index in [0.717, 1.165) is 44.0 Å². The first-order valence-electron chi connectivity index (χ1n) is 7.63. The van der Waals surface area contributed by atoms with E-state index in [-0.39, 0.29) is 12.6 Å². The number of aliphatic hydroxyl groups is 1. The Morgan fingerprint density at radius 3 is 2.95 bits per heavy atom. The van der Waals surface area contributed by atoms with Crippen LogP contribution in [-0.4, -0.2) is 44.5 Å². The van der Waals surface area contributed by atoms with Crippen LogP contribution in [0.25, 0.3) is 0 Å². The quantitative estimate of drug-likeness (QED) is 0.902. The highest BCUT2D eigenvalue weighted by Crippen LogP contribution is 2.31. The lowest BCUT2D eigenvalue weighted by atomic mass is 10.0. The van der Waals surface area contributed by atoms with Gasteiger partial charge < -0.3 is 5.11 Å². The molecule has 2 atom stereocenters. The molecule has 1 aromatic rings. The summed E-state index contributed by atoms with van der Waals surface area (Å²) in [6, 6.07) is 0.528. The van der Waals surface area contributed by atoms with Crippen LogP contribution in [0.15, 0.2) is 0 Å². The Kier molecular flexibility index (Phi) is 3.84. The lowest BCUT2D eigenvalue weighted by molar-refractivity contribution is 0.148. The Labute approximate surface area is 114 Å². The van der Waals surface area contributed by atoms with Crippen LogP contribution in [-0.2, 0) is 6.42 Å². The summed E-state index contributed by atoms with van der Waals surface area (Å²) in [7, 11) is 0. The molecule has 106 valence electrons. The molecule has 0 bridgehead atoms. The monoisotopic (exact) mass is 264 g/mol. The normalized spacial score (nSPS) is 28.3. The van der Waals surface area contributed by atoms with Crippen LogP contribution >= 0.6 is 0 Å². The fraction of sp³-hybridized carbons (Fsp3) is 0.857. The molecular formula is C14H24N4O. The predicted octanol–water partition coefficient (Wildman–Crippen LogP) is 1.69. The second-order valence-corrected chi connectivity index (χ2v) is 5.70. The third-order valence-corrected chi connectivity index (χ3v) is 4.53. The predicted molar refractivity (Wildman–Crippen MR) is 72.9 cm³/mol. The minimum Gasteiger partial charge on any atom is -0.394 e. The number of rotatable bonds is 3. The summed E-state index contributed by atoms with van der Waals surface area (Å²) in [5, 5.41) is 14.2. The number of aliphatic hydroxyl groups excluding tert-OH is 1. The lowest BCUT2D eigenvalue weighted by Crippen LogP contribution is -2.33.